The molecule has 1 amide bonds. The van der Waals surface area contributed by atoms with E-state index in [0.717, 1.165) is 10.4 Å². The molecule has 2 aromatic carbocycles. The van der Waals surface area contributed by atoms with Crippen molar-refractivity contribution in [2.45, 2.75) is 26.3 Å². The third-order valence-corrected chi connectivity index (χ3v) is 4.01. The number of aromatic nitrogens is 4. The van der Waals surface area contributed by atoms with Gasteiger partial charge in [-0.1, -0.05) is 49.7 Å². The van der Waals surface area contributed by atoms with Gasteiger partial charge in [-0.2, -0.15) is 4.80 Å². The van der Waals surface area contributed by atoms with Crippen molar-refractivity contribution in [2.75, 3.05) is 5.32 Å². The minimum atomic E-state index is -0.569. The number of carbonyl (C=O) groups excluding carboxylic acids is 1. The van der Waals surface area contributed by atoms with Gasteiger partial charge in [0.25, 0.3) is 0 Å². The normalized spacial score (nSPS) is 11.0. The Morgan fingerprint density at radius 1 is 1.23 bits per heavy atom. The Morgan fingerprint density at radius 2 is 1.96 bits per heavy atom. The summed E-state index contributed by atoms with van der Waals surface area (Å²) in [6.45, 7) is 4.04. The summed E-state index contributed by atoms with van der Waals surface area (Å²) in [5, 5.41) is 14.8. The number of hydrogen-bond acceptors (Lipinski definition) is 4. The number of anilines is 1. The molecule has 0 atom stereocenters. The molecule has 1 aromatic heterocycles. The molecule has 0 aliphatic rings. The lowest BCUT2D eigenvalue weighted by Gasteiger charge is -2.06. The number of nitrogens with one attached hydrogen (secondary N) is 1. The smallest absolute Gasteiger partial charge is 0.248 e. The summed E-state index contributed by atoms with van der Waals surface area (Å²) < 4.78 is 13.7. The first-order valence-corrected chi connectivity index (χ1v) is 8.43. The highest BCUT2D eigenvalue weighted by atomic mass is 35.5. The highest BCUT2D eigenvalue weighted by molar-refractivity contribution is 6.30. The minimum absolute atomic E-state index is 0.00659. The fourth-order valence-corrected chi connectivity index (χ4v) is 2.53. The molecule has 3 aromatic rings. The van der Waals surface area contributed by atoms with Gasteiger partial charge in [0.05, 0.1) is 5.69 Å². The number of tetrazole rings is 1. The molecular formula is C18H17ClFN5O. The molecule has 1 heterocycles. The van der Waals surface area contributed by atoms with Crippen molar-refractivity contribution in [3.8, 4) is 11.4 Å². The molecule has 0 spiro atoms. The Labute approximate surface area is 155 Å². The van der Waals surface area contributed by atoms with Crippen LogP contribution in [0.4, 0.5) is 10.1 Å². The third-order valence-electron chi connectivity index (χ3n) is 3.78. The Balaban J connectivity index is 1.68. The van der Waals surface area contributed by atoms with Crippen LogP contribution < -0.4 is 5.32 Å². The topological polar surface area (TPSA) is 72.7 Å². The molecule has 1 N–H and O–H groups in total. The van der Waals surface area contributed by atoms with Gasteiger partial charge in [-0.3, -0.25) is 4.79 Å². The number of nitrogens with zero attached hydrogens (tertiary/aromatic N) is 4. The van der Waals surface area contributed by atoms with Gasteiger partial charge >= 0.3 is 0 Å². The van der Waals surface area contributed by atoms with Crippen LogP contribution >= 0.6 is 11.6 Å². The molecule has 6 nitrogen and oxygen atoms in total. The predicted octanol–water partition coefficient (Wildman–Crippen LogP) is 3.89. The minimum Gasteiger partial charge on any atom is -0.322 e. The molecule has 0 aliphatic carbocycles. The van der Waals surface area contributed by atoms with E-state index in [0.29, 0.717) is 16.8 Å². The quantitative estimate of drug-likeness (QED) is 0.736. The van der Waals surface area contributed by atoms with Crippen molar-refractivity contribution in [3.05, 3.63) is 58.9 Å². The van der Waals surface area contributed by atoms with Crippen molar-refractivity contribution in [1.82, 2.24) is 20.2 Å². The molecule has 0 fully saturated rings. The average Bonchev–Trinajstić information content (AvgIpc) is 3.06. The highest BCUT2D eigenvalue weighted by Crippen LogP contribution is 2.20. The van der Waals surface area contributed by atoms with Crippen molar-refractivity contribution in [1.29, 1.82) is 0 Å². The average molecular weight is 374 g/mol. The fraction of sp³-hybridized carbons (Fsp3) is 0.222. The van der Waals surface area contributed by atoms with E-state index in [1.165, 1.54) is 23.8 Å². The van der Waals surface area contributed by atoms with Crippen LogP contribution in [0.1, 0.15) is 25.3 Å². The van der Waals surface area contributed by atoms with Crippen molar-refractivity contribution < 1.29 is 9.18 Å². The lowest BCUT2D eigenvalue weighted by Crippen LogP contribution is -2.21. The summed E-state index contributed by atoms with van der Waals surface area (Å²) in [6.07, 6.45) is 0. The second-order valence-corrected chi connectivity index (χ2v) is 6.53. The van der Waals surface area contributed by atoms with Crippen LogP contribution in [0.15, 0.2) is 42.5 Å². The molecule has 26 heavy (non-hydrogen) atoms. The van der Waals surface area contributed by atoms with Gasteiger partial charge in [0.1, 0.15) is 12.4 Å². The first-order chi connectivity index (χ1) is 12.4. The SMILES string of the molecule is CC(C)c1ccc(-c2nnn(CC(=O)Nc3cc(Cl)ccc3F)n2)cc1. The van der Waals surface area contributed by atoms with Gasteiger partial charge in [-0.15, -0.1) is 10.2 Å². The third kappa shape index (κ3) is 4.23. The maximum absolute atomic E-state index is 13.7. The molecule has 0 radical (unpaired) electrons. The molecule has 0 aliphatic heterocycles. The molecule has 0 unspecified atom stereocenters. The van der Waals surface area contributed by atoms with E-state index in [9.17, 15) is 9.18 Å². The summed E-state index contributed by atoms with van der Waals surface area (Å²) in [5.74, 6) is -0.198. The second kappa shape index (κ2) is 7.61. The summed E-state index contributed by atoms with van der Waals surface area (Å²) in [5.41, 5.74) is 2.03. The second-order valence-electron chi connectivity index (χ2n) is 6.09. The fourth-order valence-electron chi connectivity index (χ4n) is 2.35. The van der Waals surface area contributed by atoms with Crippen molar-refractivity contribution in [2.24, 2.45) is 0 Å². The zero-order chi connectivity index (χ0) is 18.7. The van der Waals surface area contributed by atoms with Gasteiger partial charge < -0.3 is 5.32 Å². The van der Waals surface area contributed by atoms with E-state index in [4.69, 9.17) is 11.6 Å². The molecular weight excluding hydrogens is 357 g/mol. The zero-order valence-corrected chi connectivity index (χ0v) is 15.0. The van der Waals surface area contributed by atoms with Gasteiger partial charge in [0.15, 0.2) is 0 Å². The van der Waals surface area contributed by atoms with E-state index in [2.05, 4.69) is 34.6 Å². The number of amides is 1. The first-order valence-electron chi connectivity index (χ1n) is 8.05. The first kappa shape index (κ1) is 18.0. The Bertz CT molecular complexity index is 924. The predicted molar refractivity (Wildman–Crippen MR) is 97.4 cm³/mol. The number of halogens is 2. The largest absolute Gasteiger partial charge is 0.322 e. The lowest BCUT2D eigenvalue weighted by molar-refractivity contribution is -0.117. The van der Waals surface area contributed by atoms with E-state index in [1.807, 2.05) is 24.3 Å². The Hall–Kier alpha value is -2.80. The Kier molecular flexibility index (Phi) is 5.27. The summed E-state index contributed by atoms with van der Waals surface area (Å²) >= 11 is 5.80. The summed E-state index contributed by atoms with van der Waals surface area (Å²) in [6, 6.07) is 11.8. The van der Waals surface area contributed by atoms with Crippen LogP contribution in [0.2, 0.25) is 5.02 Å². The number of rotatable bonds is 5. The van der Waals surface area contributed by atoms with Crippen LogP contribution in [-0.4, -0.2) is 26.1 Å². The number of benzene rings is 2. The number of hydrogen-bond donors (Lipinski definition) is 1. The van der Waals surface area contributed by atoms with Gasteiger partial charge in [0, 0.05) is 10.6 Å². The maximum Gasteiger partial charge on any atom is 0.248 e. The van der Waals surface area contributed by atoms with Gasteiger partial charge in [0.2, 0.25) is 11.7 Å². The van der Waals surface area contributed by atoms with Crippen LogP contribution in [0.3, 0.4) is 0 Å². The van der Waals surface area contributed by atoms with Crippen molar-refractivity contribution >= 4 is 23.2 Å². The number of carbonyl (C=O) groups is 1. The van der Waals surface area contributed by atoms with Crippen molar-refractivity contribution in [3.63, 3.8) is 0 Å². The molecule has 0 saturated heterocycles. The van der Waals surface area contributed by atoms with E-state index >= 15 is 0 Å². The van der Waals surface area contributed by atoms with E-state index in [-0.39, 0.29) is 12.2 Å². The molecule has 0 bridgehead atoms. The Morgan fingerprint density at radius 3 is 2.65 bits per heavy atom. The van der Waals surface area contributed by atoms with Crippen LogP contribution in [0.5, 0.6) is 0 Å². The van der Waals surface area contributed by atoms with Crippen LogP contribution in [0.25, 0.3) is 11.4 Å². The van der Waals surface area contributed by atoms with Gasteiger partial charge in [-0.05, 0) is 34.9 Å². The monoisotopic (exact) mass is 373 g/mol. The van der Waals surface area contributed by atoms with Crippen LogP contribution in [-0.2, 0) is 11.3 Å². The molecule has 0 saturated carbocycles. The summed E-state index contributed by atoms with van der Waals surface area (Å²) in [4.78, 5) is 13.2. The van der Waals surface area contributed by atoms with E-state index in [1.54, 1.807) is 0 Å². The van der Waals surface area contributed by atoms with Crippen LogP contribution in [0, 0.1) is 5.82 Å². The maximum atomic E-state index is 13.7. The summed E-state index contributed by atoms with van der Waals surface area (Å²) in [7, 11) is 0. The standard InChI is InChI=1S/C18H17ClFN5O/c1-11(2)12-3-5-13(6-4-12)18-22-24-25(23-18)10-17(26)21-16-9-14(19)7-8-15(16)20/h3-9,11H,10H2,1-2H3,(H,21,26). The van der Waals surface area contributed by atoms with E-state index < -0.39 is 11.7 Å². The highest BCUT2D eigenvalue weighted by Gasteiger charge is 2.12. The molecule has 8 heteroatoms. The molecule has 134 valence electrons. The van der Waals surface area contributed by atoms with Gasteiger partial charge in [-0.25, -0.2) is 4.39 Å². The zero-order valence-electron chi connectivity index (χ0n) is 14.3. The lowest BCUT2D eigenvalue weighted by atomic mass is 10.0. The molecule has 3 rings (SSSR count).